The topological polar surface area (TPSA) is 49.9 Å². The fraction of sp³-hybridized carbons (Fsp3) is 0.471. The van der Waals surface area contributed by atoms with E-state index in [4.69, 9.17) is 4.74 Å². The highest BCUT2D eigenvalue weighted by Crippen LogP contribution is 2.27. The first-order valence-electron chi connectivity index (χ1n) is 7.67. The van der Waals surface area contributed by atoms with Crippen molar-refractivity contribution < 1.29 is 4.74 Å². The number of hydrogen-bond acceptors (Lipinski definition) is 3. The molecule has 0 aliphatic rings. The zero-order chi connectivity index (χ0) is 15.2. The number of H-pyrrole nitrogens is 1. The molecule has 0 aliphatic carbocycles. The largest absolute Gasteiger partial charge is 0.491 e. The van der Waals surface area contributed by atoms with E-state index in [2.05, 4.69) is 55.3 Å². The lowest BCUT2D eigenvalue weighted by Gasteiger charge is -2.13. The van der Waals surface area contributed by atoms with Crippen molar-refractivity contribution in [3.05, 3.63) is 35.5 Å². The van der Waals surface area contributed by atoms with Crippen molar-refractivity contribution in [3.8, 4) is 17.0 Å². The molecule has 1 aromatic heterocycles. The molecule has 0 aliphatic heterocycles. The van der Waals surface area contributed by atoms with Gasteiger partial charge in [0.15, 0.2) is 0 Å². The van der Waals surface area contributed by atoms with E-state index < -0.39 is 0 Å². The van der Waals surface area contributed by atoms with Gasteiger partial charge in [-0.15, -0.1) is 0 Å². The highest BCUT2D eigenvalue weighted by Gasteiger charge is 2.12. The Bertz CT molecular complexity index is 577. The van der Waals surface area contributed by atoms with Crippen molar-refractivity contribution in [2.75, 3.05) is 6.54 Å². The van der Waals surface area contributed by atoms with Crippen LogP contribution < -0.4 is 10.1 Å². The van der Waals surface area contributed by atoms with Gasteiger partial charge in [0.05, 0.1) is 11.8 Å². The maximum atomic E-state index is 5.90. The van der Waals surface area contributed by atoms with Gasteiger partial charge < -0.3 is 10.1 Å². The molecule has 0 saturated carbocycles. The average molecular weight is 287 g/mol. The molecule has 2 rings (SSSR count). The van der Waals surface area contributed by atoms with Crippen molar-refractivity contribution in [1.29, 1.82) is 0 Å². The second kappa shape index (κ2) is 7.27. The van der Waals surface area contributed by atoms with E-state index in [-0.39, 0.29) is 6.10 Å². The molecule has 0 radical (unpaired) electrons. The molecule has 0 spiro atoms. The Kier molecular flexibility index (Phi) is 5.39. The van der Waals surface area contributed by atoms with Crippen LogP contribution in [0.4, 0.5) is 0 Å². The molecule has 2 aromatic rings. The Morgan fingerprint density at radius 1 is 1.33 bits per heavy atom. The summed E-state index contributed by atoms with van der Waals surface area (Å²) in [6.07, 6.45) is 1.22. The van der Waals surface area contributed by atoms with Gasteiger partial charge in [-0.3, -0.25) is 5.10 Å². The minimum absolute atomic E-state index is 0.224. The van der Waals surface area contributed by atoms with Crippen LogP contribution in [0.1, 0.15) is 38.4 Å². The highest BCUT2D eigenvalue weighted by molar-refractivity contribution is 5.65. The molecule has 1 heterocycles. The summed E-state index contributed by atoms with van der Waals surface area (Å²) in [5, 5.41) is 10.9. The van der Waals surface area contributed by atoms with E-state index in [9.17, 15) is 0 Å². The van der Waals surface area contributed by atoms with E-state index in [1.165, 1.54) is 5.56 Å². The van der Waals surface area contributed by atoms with Gasteiger partial charge in [0.25, 0.3) is 0 Å². The van der Waals surface area contributed by atoms with E-state index >= 15 is 0 Å². The molecule has 0 bridgehead atoms. The predicted octanol–water partition coefficient (Wildman–Crippen LogP) is 3.67. The fourth-order valence-corrected chi connectivity index (χ4v) is 2.19. The highest BCUT2D eigenvalue weighted by atomic mass is 16.5. The Morgan fingerprint density at radius 2 is 2.14 bits per heavy atom. The van der Waals surface area contributed by atoms with Crippen molar-refractivity contribution in [2.45, 2.75) is 46.8 Å². The molecule has 114 valence electrons. The van der Waals surface area contributed by atoms with Gasteiger partial charge in [-0.25, -0.2) is 0 Å². The van der Waals surface area contributed by atoms with Gasteiger partial charge in [0.1, 0.15) is 5.75 Å². The fourth-order valence-electron chi connectivity index (χ4n) is 2.19. The van der Waals surface area contributed by atoms with Gasteiger partial charge in [-0.2, -0.15) is 5.10 Å². The van der Waals surface area contributed by atoms with Gasteiger partial charge >= 0.3 is 0 Å². The average Bonchev–Trinajstić information content (AvgIpc) is 2.86. The quantitative estimate of drug-likeness (QED) is 0.817. The van der Waals surface area contributed by atoms with Crippen molar-refractivity contribution in [3.63, 3.8) is 0 Å². The third-order valence-electron chi connectivity index (χ3n) is 3.65. The number of aromatic amines is 1. The summed E-state index contributed by atoms with van der Waals surface area (Å²) in [7, 11) is 0. The lowest BCUT2D eigenvalue weighted by molar-refractivity contribution is 0.217. The second-order valence-electron chi connectivity index (χ2n) is 5.32. The molecular formula is C17H25N3O. The molecule has 21 heavy (non-hydrogen) atoms. The number of nitrogens with one attached hydrogen (secondary N) is 2. The summed E-state index contributed by atoms with van der Waals surface area (Å²) in [4.78, 5) is 0. The standard InChI is InChI=1S/C17H25N3O/c1-5-12(3)21-15-9-7-8-14(10-15)17-16(11-18-6-2)13(4)19-20-17/h7-10,12,18H,5-6,11H2,1-4H3,(H,19,20). The molecule has 4 nitrogen and oxygen atoms in total. The van der Waals surface area contributed by atoms with Gasteiger partial charge in [0, 0.05) is 23.4 Å². The molecule has 0 amide bonds. The summed E-state index contributed by atoms with van der Waals surface area (Å²) in [5.41, 5.74) is 4.42. The number of rotatable bonds is 7. The van der Waals surface area contributed by atoms with Crippen LogP contribution >= 0.6 is 0 Å². The smallest absolute Gasteiger partial charge is 0.120 e. The number of hydrogen-bond donors (Lipinski definition) is 2. The molecular weight excluding hydrogens is 262 g/mol. The van der Waals surface area contributed by atoms with Crippen LogP contribution in [-0.2, 0) is 6.54 Å². The minimum Gasteiger partial charge on any atom is -0.491 e. The summed E-state index contributed by atoms with van der Waals surface area (Å²) in [5.74, 6) is 0.900. The normalized spacial score (nSPS) is 12.4. The molecule has 2 N–H and O–H groups in total. The molecule has 1 unspecified atom stereocenters. The minimum atomic E-state index is 0.224. The first-order valence-corrected chi connectivity index (χ1v) is 7.67. The number of benzene rings is 1. The van der Waals surface area contributed by atoms with E-state index in [0.29, 0.717) is 0 Å². The monoisotopic (exact) mass is 287 g/mol. The number of nitrogens with zero attached hydrogens (tertiary/aromatic N) is 1. The second-order valence-corrected chi connectivity index (χ2v) is 5.32. The summed E-state index contributed by atoms with van der Waals surface area (Å²) >= 11 is 0. The van der Waals surface area contributed by atoms with Crippen LogP contribution in [0.5, 0.6) is 5.75 Å². The lowest BCUT2D eigenvalue weighted by Crippen LogP contribution is -2.12. The van der Waals surface area contributed by atoms with Crippen molar-refractivity contribution >= 4 is 0 Å². The maximum absolute atomic E-state index is 5.90. The summed E-state index contributed by atoms with van der Waals surface area (Å²) in [6.45, 7) is 10.1. The molecule has 1 aromatic carbocycles. The van der Waals surface area contributed by atoms with E-state index in [1.54, 1.807) is 0 Å². The third-order valence-corrected chi connectivity index (χ3v) is 3.65. The van der Waals surface area contributed by atoms with Crippen LogP contribution in [-0.4, -0.2) is 22.8 Å². The lowest BCUT2D eigenvalue weighted by atomic mass is 10.1. The van der Waals surface area contributed by atoms with E-state index in [0.717, 1.165) is 42.2 Å². The first kappa shape index (κ1) is 15.6. The van der Waals surface area contributed by atoms with Crippen molar-refractivity contribution in [2.24, 2.45) is 0 Å². The maximum Gasteiger partial charge on any atom is 0.120 e. The molecule has 4 heteroatoms. The number of aromatic nitrogens is 2. The van der Waals surface area contributed by atoms with Crippen LogP contribution in [0.15, 0.2) is 24.3 Å². The van der Waals surface area contributed by atoms with Gasteiger partial charge in [-0.05, 0) is 38.9 Å². The zero-order valence-electron chi connectivity index (χ0n) is 13.4. The van der Waals surface area contributed by atoms with Gasteiger partial charge in [0.2, 0.25) is 0 Å². The third kappa shape index (κ3) is 3.85. The zero-order valence-corrected chi connectivity index (χ0v) is 13.4. The summed E-state index contributed by atoms with van der Waals surface area (Å²) < 4.78 is 5.90. The Morgan fingerprint density at radius 3 is 2.86 bits per heavy atom. The molecule has 0 fully saturated rings. The van der Waals surface area contributed by atoms with Gasteiger partial charge in [-0.1, -0.05) is 26.0 Å². The molecule has 1 atom stereocenters. The van der Waals surface area contributed by atoms with Crippen LogP contribution in [0.3, 0.4) is 0 Å². The number of aryl methyl sites for hydroxylation is 1. The Labute approximate surface area is 126 Å². The predicted molar refractivity (Wildman–Crippen MR) is 86.5 cm³/mol. The van der Waals surface area contributed by atoms with Crippen LogP contribution in [0.2, 0.25) is 0 Å². The SMILES string of the molecule is CCNCc1c(-c2cccc(OC(C)CC)c2)n[nH]c1C. The Hall–Kier alpha value is -1.81. The Balaban J connectivity index is 2.27. The van der Waals surface area contributed by atoms with Crippen LogP contribution in [0, 0.1) is 6.92 Å². The summed E-state index contributed by atoms with van der Waals surface area (Å²) in [6, 6.07) is 8.17. The number of ether oxygens (including phenoxy) is 1. The van der Waals surface area contributed by atoms with Crippen molar-refractivity contribution in [1.82, 2.24) is 15.5 Å². The molecule has 0 saturated heterocycles. The van der Waals surface area contributed by atoms with E-state index in [1.807, 2.05) is 12.1 Å². The first-order chi connectivity index (χ1) is 10.2. The van der Waals surface area contributed by atoms with Crippen LogP contribution in [0.25, 0.3) is 11.3 Å².